The molecule has 22 heavy (non-hydrogen) atoms. The van der Waals surface area contributed by atoms with Gasteiger partial charge in [0, 0.05) is 18.4 Å². The van der Waals surface area contributed by atoms with Gasteiger partial charge >= 0.3 is 5.51 Å². The highest BCUT2D eigenvalue weighted by Crippen LogP contribution is 2.30. The van der Waals surface area contributed by atoms with Crippen molar-refractivity contribution in [1.29, 1.82) is 0 Å². The maximum atomic E-state index is 12.0. The zero-order chi connectivity index (χ0) is 16.2. The summed E-state index contributed by atoms with van der Waals surface area (Å²) in [5.41, 5.74) is -3.11. The lowest BCUT2D eigenvalue weighted by Gasteiger charge is -2.07. The van der Waals surface area contributed by atoms with E-state index < -0.39 is 5.51 Å². The molecule has 2 aromatic rings. The molecule has 2 heterocycles. The van der Waals surface area contributed by atoms with Crippen molar-refractivity contribution in [1.82, 2.24) is 14.8 Å². The molecule has 10 heteroatoms. The van der Waals surface area contributed by atoms with Gasteiger partial charge in [-0.3, -0.25) is 4.98 Å². The highest BCUT2D eigenvalue weighted by atomic mass is 35.5. The molecule has 0 saturated carbocycles. The molecule has 0 amide bonds. The monoisotopic (exact) mass is 366 g/mol. The summed E-state index contributed by atoms with van der Waals surface area (Å²) in [5.74, 6) is -0.149. The number of anilines is 1. The molecule has 0 unspecified atom stereocenters. The van der Waals surface area contributed by atoms with E-state index in [2.05, 4.69) is 15.4 Å². The van der Waals surface area contributed by atoms with Crippen molar-refractivity contribution in [2.75, 3.05) is 11.1 Å². The summed E-state index contributed by atoms with van der Waals surface area (Å²) >= 11 is 10.9. The van der Waals surface area contributed by atoms with Crippen LogP contribution >= 0.6 is 35.6 Å². The molecule has 2 aromatic heterocycles. The summed E-state index contributed by atoms with van der Waals surface area (Å²) in [6.07, 6.45) is 4.92. The summed E-state index contributed by atoms with van der Waals surface area (Å²) in [6, 6.07) is 3.54. The Kier molecular flexibility index (Phi) is 5.65. The van der Waals surface area contributed by atoms with E-state index in [4.69, 9.17) is 23.8 Å². The minimum absolute atomic E-state index is 0.0912. The van der Waals surface area contributed by atoms with Gasteiger partial charge < -0.3 is 5.32 Å². The molecule has 2 rings (SSSR count). The van der Waals surface area contributed by atoms with E-state index >= 15 is 0 Å². The Morgan fingerprint density at radius 1 is 1.45 bits per heavy atom. The quantitative estimate of drug-likeness (QED) is 0.799. The predicted molar refractivity (Wildman–Crippen MR) is 85.7 cm³/mol. The number of hydrogen-bond acceptors (Lipinski definition) is 4. The standard InChI is InChI=1S/C12H10ClF3N4S2/c13-11-9(18-10(21)3-5-22-12(14,15)16)7-20(19-11)8-2-1-4-17-6-8/h1-2,4,6-7H,3,5H2,(H,18,21). The molecule has 0 aliphatic rings. The molecular formula is C12H10ClF3N4S2. The number of halogens is 4. The van der Waals surface area contributed by atoms with Gasteiger partial charge in [-0.15, -0.1) is 0 Å². The number of hydrogen-bond donors (Lipinski definition) is 1. The first kappa shape index (κ1) is 17.0. The van der Waals surface area contributed by atoms with Gasteiger partial charge in [-0.05, 0) is 12.1 Å². The second-order valence-electron chi connectivity index (χ2n) is 4.08. The van der Waals surface area contributed by atoms with E-state index in [1.807, 2.05) is 0 Å². The number of aromatic nitrogens is 3. The van der Waals surface area contributed by atoms with E-state index in [9.17, 15) is 13.2 Å². The van der Waals surface area contributed by atoms with Crippen LogP contribution in [0.3, 0.4) is 0 Å². The Balaban J connectivity index is 1.96. The number of rotatable bonds is 5. The van der Waals surface area contributed by atoms with Crippen LogP contribution in [-0.4, -0.2) is 31.0 Å². The van der Waals surface area contributed by atoms with Gasteiger partial charge in [0.1, 0.15) is 0 Å². The maximum Gasteiger partial charge on any atom is 0.441 e. The first-order valence-corrected chi connectivity index (χ1v) is 7.78. The first-order valence-electron chi connectivity index (χ1n) is 6.01. The van der Waals surface area contributed by atoms with Gasteiger partial charge in [-0.1, -0.05) is 35.6 Å². The molecule has 0 aromatic carbocycles. The molecule has 0 aliphatic carbocycles. The molecule has 0 saturated heterocycles. The van der Waals surface area contributed by atoms with Crippen LogP contribution in [0.25, 0.3) is 5.69 Å². The van der Waals surface area contributed by atoms with Crippen molar-refractivity contribution >= 4 is 46.3 Å². The average Bonchev–Trinajstić information content (AvgIpc) is 2.80. The van der Waals surface area contributed by atoms with Gasteiger partial charge in [0.25, 0.3) is 0 Å². The average molecular weight is 367 g/mol. The Hall–Kier alpha value is -1.32. The highest BCUT2D eigenvalue weighted by Gasteiger charge is 2.27. The summed E-state index contributed by atoms with van der Waals surface area (Å²) in [6.45, 7) is 0. The van der Waals surface area contributed by atoms with Gasteiger partial charge in [0.2, 0.25) is 0 Å². The van der Waals surface area contributed by atoms with Crippen molar-refractivity contribution in [3.05, 3.63) is 35.9 Å². The minimum Gasteiger partial charge on any atom is -0.346 e. The number of thiocarbonyl (C=S) groups is 1. The van der Waals surface area contributed by atoms with Crippen LogP contribution in [0.1, 0.15) is 6.42 Å². The van der Waals surface area contributed by atoms with Crippen LogP contribution in [0.4, 0.5) is 18.9 Å². The van der Waals surface area contributed by atoms with E-state index in [-0.39, 0.29) is 34.1 Å². The van der Waals surface area contributed by atoms with Gasteiger partial charge in [-0.25, -0.2) is 4.68 Å². The normalized spacial score (nSPS) is 11.5. The van der Waals surface area contributed by atoms with E-state index in [1.54, 1.807) is 30.7 Å². The number of thioether (sulfide) groups is 1. The fourth-order valence-corrected chi connectivity index (χ4v) is 2.59. The number of alkyl halides is 3. The van der Waals surface area contributed by atoms with E-state index in [0.29, 0.717) is 11.4 Å². The summed E-state index contributed by atoms with van der Waals surface area (Å²) in [7, 11) is 0. The number of pyridine rings is 1. The molecule has 0 atom stereocenters. The third kappa shape index (κ3) is 5.15. The largest absolute Gasteiger partial charge is 0.441 e. The van der Waals surface area contributed by atoms with Crippen molar-refractivity contribution < 1.29 is 13.2 Å². The molecule has 4 nitrogen and oxygen atoms in total. The summed E-state index contributed by atoms with van der Waals surface area (Å²) < 4.78 is 37.6. The third-order valence-corrected chi connectivity index (χ3v) is 3.77. The smallest absolute Gasteiger partial charge is 0.346 e. The summed E-state index contributed by atoms with van der Waals surface area (Å²) in [5, 5.41) is 7.07. The SMILES string of the molecule is FC(F)(F)SCCC(=S)Nc1cn(-c2cccnc2)nc1Cl. The van der Waals surface area contributed by atoms with E-state index in [0.717, 1.165) is 0 Å². The number of nitrogens with one attached hydrogen (secondary N) is 1. The summed E-state index contributed by atoms with van der Waals surface area (Å²) in [4.78, 5) is 4.23. The predicted octanol–water partition coefficient (Wildman–Crippen LogP) is 4.30. The van der Waals surface area contributed by atoms with Crippen LogP contribution in [-0.2, 0) is 0 Å². The van der Waals surface area contributed by atoms with Crippen molar-refractivity contribution in [3.63, 3.8) is 0 Å². The fraction of sp³-hybridized carbons (Fsp3) is 0.250. The molecule has 0 bridgehead atoms. The Morgan fingerprint density at radius 3 is 2.86 bits per heavy atom. The highest BCUT2D eigenvalue weighted by molar-refractivity contribution is 8.00. The van der Waals surface area contributed by atoms with Crippen molar-refractivity contribution in [2.24, 2.45) is 0 Å². The Morgan fingerprint density at radius 2 is 2.23 bits per heavy atom. The lowest BCUT2D eigenvalue weighted by Crippen LogP contribution is -2.11. The lowest BCUT2D eigenvalue weighted by molar-refractivity contribution is -0.0327. The minimum atomic E-state index is -4.25. The van der Waals surface area contributed by atoms with Crippen LogP contribution in [0.5, 0.6) is 0 Å². The first-order chi connectivity index (χ1) is 10.3. The fourth-order valence-electron chi connectivity index (χ4n) is 1.53. The van der Waals surface area contributed by atoms with Crippen LogP contribution in [0.2, 0.25) is 5.15 Å². The molecule has 0 radical (unpaired) electrons. The third-order valence-electron chi connectivity index (χ3n) is 2.45. The van der Waals surface area contributed by atoms with Gasteiger partial charge in [0.15, 0.2) is 5.15 Å². The molecule has 118 valence electrons. The van der Waals surface area contributed by atoms with Gasteiger partial charge in [-0.2, -0.15) is 18.3 Å². The lowest BCUT2D eigenvalue weighted by atomic mass is 10.4. The topological polar surface area (TPSA) is 42.7 Å². The van der Waals surface area contributed by atoms with E-state index in [1.165, 1.54) is 4.68 Å². The number of nitrogens with zero attached hydrogens (tertiary/aromatic N) is 3. The molecule has 0 spiro atoms. The second kappa shape index (κ2) is 7.30. The Bertz CT molecular complexity index is 646. The van der Waals surface area contributed by atoms with Crippen LogP contribution in [0.15, 0.2) is 30.7 Å². The second-order valence-corrected chi connectivity index (χ2v) is 6.09. The van der Waals surface area contributed by atoms with Crippen molar-refractivity contribution in [3.8, 4) is 5.69 Å². The molecular weight excluding hydrogens is 357 g/mol. The van der Waals surface area contributed by atoms with Crippen LogP contribution < -0.4 is 5.32 Å². The molecule has 0 fully saturated rings. The van der Waals surface area contributed by atoms with Gasteiger partial charge in [0.05, 0.1) is 28.8 Å². The van der Waals surface area contributed by atoms with Crippen molar-refractivity contribution in [2.45, 2.75) is 11.9 Å². The van der Waals surface area contributed by atoms with Crippen LogP contribution in [0, 0.1) is 0 Å². The maximum absolute atomic E-state index is 12.0. The zero-order valence-corrected chi connectivity index (χ0v) is 13.4. The molecule has 1 N–H and O–H groups in total. The Labute approximate surface area is 139 Å². The zero-order valence-electron chi connectivity index (χ0n) is 11.0. The molecule has 0 aliphatic heterocycles.